The number of hydrogen-bond donors (Lipinski definition) is 0. The summed E-state index contributed by atoms with van der Waals surface area (Å²) in [5.74, 6) is 1.05. The fourth-order valence-electron chi connectivity index (χ4n) is 1.92. The highest BCUT2D eigenvalue weighted by Crippen LogP contribution is 2.26. The van der Waals surface area contributed by atoms with Gasteiger partial charge < -0.3 is 9.15 Å². The van der Waals surface area contributed by atoms with Crippen LogP contribution < -0.4 is 4.74 Å². The predicted octanol–water partition coefficient (Wildman–Crippen LogP) is 3.89. The molecule has 0 aliphatic rings. The molecule has 0 radical (unpaired) electrons. The Morgan fingerprint density at radius 1 is 1.11 bits per heavy atom. The molecule has 0 saturated heterocycles. The van der Waals surface area contributed by atoms with Crippen LogP contribution in [0.1, 0.15) is 6.92 Å². The number of hydrogen-bond acceptors (Lipinski definition) is 3. The molecule has 1 heterocycles. The Bertz CT molecular complexity index is 673. The van der Waals surface area contributed by atoms with Crippen LogP contribution in [0, 0.1) is 0 Å². The van der Waals surface area contributed by atoms with Crippen LogP contribution in [0.15, 0.2) is 53.1 Å². The van der Waals surface area contributed by atoms with E-state index in [2.05, 4.69) is 29.2 Å². The smallest absolute Gasteiger partial charge is 0.305 e. The van der Waals surface area contributed by atoms with Crippen LogP contribution in [-0.2, 0) is 0 Å². The number of oxazole rings is 1. The molecule has 0 spiro atoms. The van der Waals surface area contributed by atoms with E-state index in [1.165, 1.54) is 10.8 Å². The maximum Gasteiger partial charge on any atom is 0.305 e. The average Bonchev–Trinajstić information content (AvgIpc) is 2.87. The predicted molar refractivity (Wildman–Crippen MR) is 70.6 cm³/mol. The third-order valence-corrected chi connectivity index (χ3v) is 2.77. The lowest BCUT2D eigenvalue weighted by Crippen LogP contribution is -1.87. The zero-order valence-electron chi connectivity index (χ0n) is 10.1. The van der Waals surface area contributed by atoms with Crippen LogP contribution in [0.4, 0.5) is 0 Å². The minimum Gasteiger partial charge on any atom is -0.464 e. The second-order valence-electron chi connectivity index (χ2n) is 3.98. The topological polar surface area (TPSA) is 35.3 Å². The minimum atomic E-state index is 0.459. The van der Waals surface area contributed by atoms with Crippen molar-refractivity contribution in [3.05, 3.63) is 48.7 Å². The number of fused-ring (bicyclic) bond motifs is 1. The van der Waals surface area contributed by atoms with Crippen molar-refractivity contribution in [2.45, 2.75) is 6.92 Å². The lowest BCUT2D eigenvalue weighted by molar-refractivity contribution is 0.260. The molecule has 0 bridgehead atoms. The quantitative estimate of drug-likeness (QED) is 0.695. The van der Waals surface area contributed by atoms with Gasteiger partial charge in [0.05, 0.1) is 6.61 Å². The average molecular weight is 239 g/mol. The number of rotatable bonds is 3. The van der Waals surface area contributed by atoms with Gasteiger partial charge in [0.1, 0.15) is 6.20 Å². The molecular formula is C15H13NO2. The summed E-state index contributed by atoms with van der Waals surface area (Å²) in [6.45, 7) is 2.49. The third kappa shape index (κ3) is 1.95. The number of aromatic nitrogens is 1. The molecule has 1 aromatic heterocycles. The molecule has 0 aliphatic heterocycles. The molecule has 0 saturated carbocycles. The van der Waals surface area contributed by atoms with Crippen LogP contribution in [0.2, 0.25) is 0 Å². The van der Waals surface area contributed by atoms with E-state index in [1.807, 2.05) is 25.1 Å². The molecule has 0 aliphatic carbocycles. The van der Waals surface area contributed by atoms with Crippen molar-refractivity contribution in [1.29, 1.82) is 0 Å². The first-order valence-corrected chi connectivity index (χ1v) is 5.94. The van der Waals surface area contributed by atoms with E-state index < -0.39 is 0 Å². The highest BCUT2D eigenvalue weighted by Gasteiger charge is 2.07. The van der Waals surface area contributed by atoms with E-state index in [9.17, 15) is 0 Å². The maximum absolute atomic E-state index is 5.53. The van der Waals surface area contributed by atoms with Crippen molar-refractivity contribution in [1.82, 2.24) is 4.98 Å². The van der Waals surface area contributed by atoms with Crippen molar-refractivity contribution in [2.24, 2.45) is 0 Å². The first-order valence-electron chi connectivity index (χ1n) is 5.94. The summed E-state index contributed by atoms with van der Waals surface area (Å²) in [4.78, 5) is 4.22. The summed E-state index contributed by atoms with van der Waals surface area (Å²) in [7, 11) is 0. The van der Waals surface area contributed by atoms with Gasteiger partial charge in [-0.05, 0) is 29.8 Å². The molecule has 18 heavy (non-hydrogen) atoms. The largest absolute Gasteiger partial charge is 0.464 e. The second kappa shape index (κ2) is 4.53. The molecule has 3 nitrogen and oxygen atoms in total. The summed E-state index contributed by atoms with van der Waals surface area (Å²) < 4.78 is 10.8. The zero-order valence-corrected chi connectivity index (χ0v) is 10.1. The van der Waals surface area contributed by atoms with Crippen molar-refractivity contribution < 1.29 is 9.15 Å². The molecule has 3 rings (SSSR count). The number of benzene rings is 2. The normalized spacial score (nSPS) is 10.7. The first-order chi connectivity index (χ1) is 8.86. The monoisotopic (exact) mass is 239 g/mol. The Hall–Kier alpha value is -2.29. The molecule has 3 aromatic rings. The van der Waals surface area contributed by atoms with Crippen LogP contribution >= 0.6 is 0 Å². The van der Waals surface area contributed by atoms with Crippen LogP contribution in [0.25, 0.3) is 22.2 Å². The zero-order chi connectivity index (χ0) is 12.4. The Morgan fingerprint density at radius 3 is 2.78 bits per heavy atom. The Morgan fingerprint density at radius 2 is 1.94 bits per heavy atom. The highest BCUT2D eigenvalue weighted by atomic mass is 16.6. The molecule has 0 fully saturated rings. The van der Waals surface area contributed by atoms with Gasteiger partial charge in [0.15, 0.2) is 0 Å². The van der Waals surface area contributed by atoms with Gasteiger partial charge >= 0.3 is 5.95 Å². The summed E-state index contributed by atoms with van der Waals surface area (Å²) in [5.41, 5.74) is 0.958. The third-order valence-electron chi connectivity index (χ3n) is 2.77. The Balaban J connectivity index is 2.02. The fourth-order valence-corrected chi connectivity index (χ4v) is 1.92. The van der Waals surface area contributed by atoms with E-state index in [1.54, 1.807) is 6.20 Å². The van der Waals surface area contributed by atoms with Gasteiger partial charge in [-0.25, -0.2) is 4.98 Å². The van der Waals surface area contributed by atoms with Crippen molar-refractivity contribution in [2.75, 3.05) is 6.61 Å². The standard InChI is InChI=1S/C15H13NO2/c1-2-17-14-10-16-15(18-14)13-8-7-11-5-3-4-6-12(11)9-13/h3-10H,2H2,1H3. The summed E-state index contributed by atoms with van der Waals surface area (Å²) >= 11 is 0. The summed E-state index contributed by atoms with van der Waals surface area (Å²) in [6.07, 6.45) is 1.61. The maximum atomic E-state index is 5.53. The van der Waals surface area contributed by atoms with Gasteiger partial charge in [0.25, 0.3) is 0 Å². The summed E-state index contributed by atoms with van der Waals surface area (Å²) in [5, 5.41) is 2.38. The molecule has 0 N–H and O–H groups in total. The summed E-state index contributed by atoms with van der Waals surface area (Å²) in [6, 6.07) is 14.3. The van der Waals surface area contributed by atoms with Crippen LogP contribution in [0.3, 0.4) is 0 Å². The number of nitrogens with zero attached hydrogens (tertiary/aromatic N) is 1. The molecule has 90 valence electrons. The van der Waals surface area contributed by atoms with E-state index in [4.69, 9.17) is 9.15 Å². The SMILES string of the molecule is CCOc1cnc(-c2ccc3ccccc3c2)o1. The van der Waals surface area contributed by atoms with Gasteiger partial charge in [0, 0.05) is 5.56 Å². The van der Waals surface area contributed by atoms with Gasteiger partial charge in [-0.15, -0.1) is 0 Å². The van der Waals surface area contributed by atoms with E-state index >= 15 is 0 Å². The highest BCUT2D eigenvalue weighted by molar-refractivity contribution is 5.86. The Labute approximate surface area is 105 Å². The molecule has 0 unspecified atom stereocenters. The van der Waals surface area contributed by atoms with E-state index in [0.717, 1.165) is 5.56 Å². The lowest BCUT2D eigenvalue weighted by Gasteiger charge is -2.00. The lowest BCUT2D eigenvalue weighted by atomic mass is 10.1. The van der Waals surface area contributed by atoms with Crippen LogP contribution in [0.5, 0.6) is 5.95 Å². The molecule has 0 atom stereocenters. The molecule has 2 aromatic carbocycles. The van der Waals surface area contributed by atoms with Crippen LogP contribution in [-0.4, -0.2) is 11.6 Å². The molecule has 3 heteroatoms. The van der Waals surface area contributed by atoms with Gasteiger partial charge in [-0.2, -0.15) is 0 Å². The van der Waals surface area contributed by atoms with Crippen molar-refractivity contribution in [3.8, 4) is 17.4 Å². The van der Waals surface area contributed by atoms with E-state index in [-0.39, 0.29) is 0 Å². The van der Waals surface area contributed by atoms with Crippen molar-refractivity contribution in [3.63, 3.8) is 0 Å². The van der Waals surface area contributed by atoms with Crippen molar-refractivity contribution >= 4 is 10.8 Å². The molecule has 0 amide bonds. The number of ether oxygens (including phenoxy) is 1. The molecular weight excluding hydrogens is 226 g/mol. The van der Waals surface area contributed by atoms with Gasteiger partial charge in [-0.1, -0.05) is 30.3 Å². The van der Waals surface area contributed by atoms with E-state index in [0.29, 0.717) is 18.4 Å². The second-order valence-corrected chi connectivity index (χ2v) is 3.98. The Kier molecular flexibility index (Phi) is 2.73. The van der Waals surface area contributed by atoms with Gasteiger partial charge in [-0.3, -0.25) is 0 Å². The fraction of sp³-hybridized carbons (Fsp3) is 0.133. The first kappa shape index (κ1) is 10.8. The minimum absolute atomic E-state index is 0.459. The van der Waals surface area contributed by atoms with Gasteiger partial charge in [0.2, 0.25) is 5.89 Å².